The maximum absolute atomic E-state index is 14.8. The summed E-state index contributed by atoms with van der Waals surface area (Å²) in [6.45, 7) is -1.14. The Kier molecular flexibility index (Phi) is 7.84. The Morgan fingerprint density at radius 2 is 1.67 bits per heavy atom. The van der Waals surface area contributed by atoms with E-state index in [4.69, 9.17) is 5.73 Å². The van der Waals surface area contributed by atoms with E-state index in [1.165, 1.54) is 18.5 Å². The van der Waals surface area contributed by atoms with Crippen molar-refractivity contribution in [3.05, 3.63) is 94.7 Å². The fraction of sp³-hybridized carbons (Fsp3) is 0.286. The van der Waals surface area contributed by atoms with Crippen LogP contribution < -0.4 is 11.1 Å². The molecule has 0 bridgehead atoms. The van der Waals surface area contributed by atoms with Gasteiger partial charge in [0.2, 0.25) is 5.91 Å². The van der Waals surface area contributed by atoms with Crippen LogP contribution in [0.15, 0.2) is 54.9 Å². The van der Waals surface area contributed by atoms with Crippen LogP contribution in [-0.4, -0.2) is 25.7 Å². The van der Waals surface area contributed by atoms with Gasteiger partial charge in [-0.1, -0.05) is 6.07 Å². The summed E-state index contributed by atoms with van der Waals surface area (Å²) in [6.07, 6.45) is -3.81. The maximum Gasteiger partial charge on any atom is 0.290 e. The number of carbonyl (C=O) groups is 1. The molecule has 5 rings (SSSR count). The molecule has 0 saturated heterocycles. The Balaban J connectivity index is 1.54. The van der Waals surface area contributed by atoms with E-state index in [0.717, 1.165) is 12.1 Å². The normalized spacial score (nSPS) is 16.1. The first-order valence-corrected chi connectivity index (χ1v) is 12.8. The Labute approximate surface area is 238 Å². The van der Waals surface area contributed by atoms with E-state index in [1.54, 1.807) is 18.2 Å². The van der Waals surface area contributed by atoms with Crippen molar-refractivity contribution in [2.24, 2.45) is 0 Å². The zero-order chi connectivity index (χ0) is 31.1. The first-order valence-electron chi connectivity index (χ1n) is 12.8. The van der Waals surface area contributed by atoms with Crippen molar-refractivity contribution >= 4 is 11.7 Å². The van der Waals surface area contributed by atoms with Crippen LogP contribution in [0.5, 0.6) is 0 Å². The molecule has 1 atom stereocenters. The summed E-state index contributed by atoms with van der Waals surface area (Å²) in [6, 6.07) is 7.77. The molecular formula is C28H22F8N6O. The number of nitrogens with two attached hydrogens (primary N) is 1. The quantitative estimate of drug-likeness (QED) is 0.231. The minimum absolute atomic E-state index is 0.0810. The predicted molar refractivity (Wildman–Crippen MR) is 137 cm³/mol. The zero-order valence-corrected chi connectivity index (χ0v) is 22.0. The molecule has 0 unspecified atom stereocenters. The van der Waals surface area contributed by atoms with Crippen molar-refractivity contribution in [2.45, 2.75) is 50.1 Å². The number of anilines is 1. The Morgan fingerprint density at radius 1 is 0.977 bits per heavy atom. The predicted octanol–water partition coefficient (Wildman–Crippen LogP) is 6.22. The van der Waals surface area contributed by atoms with Gasteiger partial charge in [-0.3, -0.25) is 14.5 Å². The molecule has 0 fully saturated rings. The van der Waals surface area contributed by atoms with Crippen LogP contribution >= 0.6 is 0 Å². The molecule has 1 aromatic carbocycles. The van der Waals surface area contributed by atoms with Crippen molar-refractivity contribution in [1.82, 2.24) is 25.1 Å². The SMILES string of the molecule is Nc1ccc(-c2cccnc2[C@H](Cc2cc(F)cc(F)c2)NC(=O)Cn2nc(C(F)F)c3c2C(F)(F)CCC3(F)F)cn1. The van der Waals surface area contributed by atoms with Gasteiger partial charge in [0.15, 0.2) is 0 Å². The number of nitrogen functional groups attached to an aromatic ring is 1. The molecule has 43 heavy (non-hydrogen) atoms. The van der Waals surface area contributed by atoms with Crippen LogP contribution in [0.3, 0.4) is 0 Å². The monoisotopic (exact) mass is 610 g/mol. The number of nitrogens with one attached hydrogen (secondary N) is 1. The van der Waals surface area contributed by atoms with E-state index in [2.05, 4.69) is 20.4 Å². The molecule has 1 aliphatic rings. The van der Waals surface area contributed by atoms with Gasteiger partial charge in [-0.05, 0) is 42.3 Å². The Hall–Kier alpha value is -4.56. The molecule has 0 radical (unpaired) electrons. The number of hydrogen-bond acceptors (Lipinski definition) is 5. The number of alkyl halides is 6. The molecule has 0 spiro atoms. The first-order chi connectivity index (χ1) is 20.2. The summed E-state index contributed by atoms with van der Waals surface area (Å²) in [5.74, 6) is -10.7. The van der Waals surface area contributed by atoms with Crippen molar-refractivity contribution < 1.29 is 39.9 Å². The number of carbonyl (C=O) groups excluding carboxylic acids is 1. The van der Waals surface area contributed by atoms with Gasteiger partial charge in [-0.25, -0.2) is 31.3 Å². The highest BCUT2D eigenvalue weighted by Gasteiger charge is 2.55. The zero-order valence-electron chi connectivity index (χ0n) is 22.0. The van der Waals surface area contributed by atoms with E-state index in [-0.39, 0.29) is 28.2 Å². The highest BCUT2D eigenvalue weighted by molar-refractivity contribution is 5.77. The molecule has 4 aromatic rings. The van der Waals surface area contributed by atoms with E-state index < -0.39 is 78.2 Å². The third-order valence-corrected chi connectivity index (χ3v) is 6.91. The van der Waals surface area contributed by atoms with Crippen molar-refractivity contribution in [3.8, 4) is 11.1 Å². The molecule has 1 aliphatic carbocycles. The summed E-state index contributed by atoms with van der Waals surface area (Å²) in [5, 5.41) is 5.81. The number of rotatable bonds is 8. The standard InChI is InChI=1S/C28H22F8N6O/c29-16-8-14(9-17(30)11-16)10-19(23-18(2-1-7-38-23)15-3-4-20(37)39-12-15)40-21(43)13-42-25-22(24(41-42)26(31)32)27(33,34)5-6-28(25,35)36/h1-4,7-9,11-12,19,26H,5-6,10,13H2,(H2,37,39)(H,40,43)/t19-/m0/s1. The summed E-state index contributed by atoms with van der Waals surface area (Å²) < 4.78 is 114. The van der Waals surface area contributed by atoms with Crippen LogP contribution in [0.25, 0.3) is 11.1 Å². The Bertz CT molecular complexity index is 1640. The molecule has 3 heterocycles. The van der Waals surface area contributed by atoms with E-state index in [9.17, 15) is 39.9 Å². The molecule has 1 amide bonds. The maximum atomic E-state index is 14.8. The molecule has 3 aromatic heterocycles. The lowest BCUT2D eigenvalue weighted by atomic mass is 9.89. The van der Waals surface area contributed by atoms with Crippen LogP contribution in [0.4, 0.5) is 40.9 Å². The lowest BCUT2D eigenvalue weighted by Crippen LogP contribution is -2.37. The highest BCUT2D eigenvalue weighted by atomic mass is 19.3. The largest absolute Gasteiger partial charge is 0.384 e. The van der Waals surface area contributed by atoms with Crippen LogP contribution in [0.1, 0.15) is 53.5 Å². The number of aromatic nitrogens is 4. The molecule has 0 saturated carbocycles. The Morgan fingerprint density at radius 3 is 2.33 bits per heavy atom. The molecule has 0 aliphatic heterocycles. The average Bonchev–Trinajstić information content (AvgIpc) is 3.33. The van der Waals surface area contributed by atoms with Gasteiger partial charge < -0.3 is 11.1 Å². The minimum Gasteiger partial charge on any atom is -0.384 e. The topological polar surface area (TPSA) is 98.7 Å². The third-order valence-electron chi connectivity index (χ3n) is 6.91. The summed E-state index contributed by atoms with van der Waals surface area (Å²) in [5.41, 5.74) is 2.22. The smallest absolute Gasteiger partial charge is 0.290 e. The van der Waals surface area contributed by atoms with Gasteiger partial charge in [0, 0.05) is 42.4 Å². The number of pyridine rings is 2. The second-order valence-corrected chi connectivity index (χ2v) is 9.99. The molecular weight excluding hydrogens is 588 g/mol. The average molecular weight is 611 g/mol. The number of hydrogen-bond donors (Lipinski definition) is 2. The van der Waals surface area contributed by atoms with Gasteiger partial charge in [0.1, 0.15) is 35.4 Å². The lowest BCUT2D eigenvalue weighted by Gasteiger charge is -2.29. The fourth-order valence-corrected chi connectivity index (χ4v) is 5.10. The number of amides is 1. The van der Waals surface area contributed by atoms with Crippen LogP contribution in [0.2, 0.25) is 0 Å². The second kappa shape index (κ2) is 11.3. The summed E-state index contributed by atoms with van der Waals surface area (Å²) in [7, 11) is 0. The van der Waals surface area contributed by atoms with E-state index in [0.29, 0.717) is 17.2 Å². The van der Waals surface area contributed by atoms with Gasteiger partial charge in [-0.15, -0.1) is 0 Å². The van der Waals surface area contributed by atoms with Gasteiger partial charge in [0.05, 0.1) is 17.3 Å². The second-order valence-electron chi connectivity index (χ2n) is 9.99. The highest BCUT2D eigenvalue weighted by Crippen LogP contribution is 2.52. The van der Waals surface area contributed by atoms with Crippen molar-refractivity contribution in [3.63, 3.8) is 0 Å². The molecule has 7 nitrogen and oxygen atoms in total. The van der Waals surface area contributed by atoms with Crippen molar-refractivity contribution in [1.29, 1.82) is 0 Å². The van der Waals surface area contributed by atoms with Gasteiger partial charge >= 0.3 is 0 Å². The number of nitrogens with zero attached hydrogens (tertiary/aromatic N) is 4. The summed E-state index contributed by atoms with van der Waals surface area (Å²) in [4.78, 5) is 21.6. The fourth-order valence-electron chi connectivity index (χ4n) is 5.10. The summed E-state index contributed by atoms with van der Waals surface area (Å²) >= 11 is 0. The third kappa shape index (κ3) is 6.15. The number of benzene rings is 1. The van der Waals surface area contributed by atoms with Crippen LogP contribution in [0, 0.1) is 11.6 Å². The van der Waals surface area contributed by atoms with Gasteiger partial charge in [0.25, 0.3) is 18.3 Å². The number of halogens is 8. The first kappa shape index (κ1) is 29.9. The molecule has 226 valence electrons. The van der Waals surface area contributed by atoms with Gasteiger partial charge in [-0.2, -0.15) is 13.9 Å². The van der Waals surface area contributed by atoms with E-state index in [1.807, 2.05) is 0 Å². The molecule has 3 N–H and O–H groups in total. The van der Waals surface area contributed by atoms with E-state index >= 15 is 0 Å². The number of fused-ring (bicyclic) bond motifs is 1. The minimum atomic E-state index is -4.02. The molecule has 15 heteroatoms. The van der Waals surface area contributed by atoms with Crippen molar-refractivity contribution in [2.75, 3.05) is 5.73 Å². The lowest BCUT2D eigenvalue weighted by molar-refractivity contribution is -0.123. The van der Waals surface area contributed by atoms with Crippen LogP contribution in [-0.2, 0) is 29.6 Å².